The zero-order valence-corrected chi connectivity index (χ0v) is 21.0. The highest BCUT2D eigenvalue weighted by atomic mass is 16.6. The second-order valence-electron chi connectivity index (χ2n) is 10.9. The lowest BCUT2D eigenvalue weighted by atomic mass is 9.76. The van der Waals surface area contributed by atoms with Crippen LogP contribution in [0, 0.1) is 11.8 Å². The number of rotatable bonds is 8. The van der Waals surface area contributed by atoms with Crippen molar-refractivity contribution in [2.75, 3.05) is 0 Å². The van der Waals surface area contributed by atoms with Gasteiger partial charge in [0, 0.05) is 24.6 Å². The molecule has 3 rings (SSSR count). The first-order valence-corrected chi connectivity index (χ1v) is 12.3. The van der Waals surface area contributed by atoms with Crippen LogP contribution >= 0.6 is 0 Å². The molecule has 4 N–H and O–H groups in total. The van der Waals surface area contributed by atoms with Crippen LogP contribution in [0.15, 0.2) is 18.2 Å². The van der Waals surface area contributed by atoms with E-state index in [4.69, 9.17) is 15.6 Å². The summed E-state index contributed by atoms with van der Waals surface area (Å²) in [5, 5.41) is 12.0. The molecule has 9 nitrogen and oxygen atoms in total. The number of alkyl carbamates (subject to hydrolysis) is 1. The van der Waals surface area contributed by atoms with Crippen LogP contribution in [0.4, 0.5) is 4.79 Å². The summed E-state index contributed by atoms with van der Waals surface area (Å²) in [6, 6.07) is 4.70. The third-order valence-corrected chi connectivity index (χ3v) is 6.78. The fourth-order valence-corrected chi connectivity index (χ4v) is 5.16. The average Bonchev–Trinajstić information content (AvgIpc) is 3.04. The Bertz CT molecular complexity index is 986. The predicted molar refractivity (Wildman–Crippen MR) is 130 cm³/mol. The number of hydrogen-bond donors (Lipinski definition) is 3. The molecule has 1 fully saturated rings. The number of nitrogens with one attached hydrogen (secondary N) is 1. The van der Waals surface area contributed by atoms with Crippen molar-refractivity contribution >= 4 is 23.9 Å². The standard InChI is InChI=1S/C26H37N3O6/c1-15-5-8-20(28-25(34)35-26(2,3)4)17(11-15)12-16-6-7-19-18(13-16)14-29(24(19)33)21(23(27)32)9-10-22(30)31/h6-7,13,15,17,20-21H,5,8-12,14H2,1-4H3,(H2,27,32)(H,28,34)(H,30,31)/t15?,17-,20+,21+/m1/s1. The number of carbonyl (C=O) groups is 4. The zero-order chi connectivity index (χ0) is 25.9. The number of hydrogen-bond acceptors (Lipinski definition) is 5. The molecular weight excluding hydrogens is 450 g/mol. The second kappa shape index (κ2) is 10.7. The van der Waals surface area contributed by atoms with E-state index in [1.54, 1.807) is 6.07 Å². The number of nitrogens with zero attached hydrogens (tertiary/aromatic N) is 1. The zero-order valence-electron chi connectivity index (χ0n) is 21.0. The summed E-state index contributed by atoms with van der Waals surface area (Å²) in [4.78, 5) is 49.6. The largest absolute Gasteiger partial charge is 0.481 e. The van der Waals surface area contributed by atoms with Gasteiger partial charge in [0.25, 0.3) is 5.91 Å². The molecule has 0 radical (unpaired) electrons. The SMILES string of the molecule is CC1CC[C@H](NC(=O)OC(C)(C)C)[C@@H](Cc2ccc3c(c2)CN([C@@H](CCC(=O)O)C(N)=O)C3=O)C1. The number of ether oxygens (including phenoxy) is 1. The molecule has 1 aromatic carbocycles. The molecule has 1 heterocycles. The summed E-state index contributed by atoms with van der Waals surface area (Å²) in [5.41, 5.74) is 7.29. The molecule has 0 bridgehead atoms. The molecule has 9 heteroatoms. The number of carboxylic acids is 1. The topological polar surface area (TPSA) is 139 Å². The number of carboxylic acid groups (broad SMARTS) is 1. The van der Waals surface area contributed by atoms with Gasteiger partial charge >= 0.3 is 12.1 Å². The monoisotopic (exact) mass is 487 g/mol. The molecule has 1 aromatic rings. The third kappa shape index (κ3) is 6.96. The summed E-state index contributed by atoms with van der Waals surface area (Å²) >= 11 is 0. The number of aliphatic carboxylic acids is 1. The minimum absolute atomic E-state index is 0.00250. The molecule has 4 atom stereocenters. The highest BCUT2D eigenvalue weighted by Gasteiger charge is 2.36. The van der Waals surface area contributed by atoms with Crippen molar-refractivity contribution in [3.63, 3.8) is 0 Å². The average molecular weight is 488 g/mol. The molecule has 3 amide bonds. The van der Waals surface area contributed by atoms with Crippen LogP contribution in [-0.4, -0.2) is 51.6 Å². The summed E-state index contributed by atoms with van der Waals surface area (Å²) in [7, 11) is 0. The molecule has 0 spiro atoms. The van der Waals surface area contributed by atoms with Gasteiger partial charge in [0.1, 0.15) is 11.6 Å². The Kier molecular flexibility index (Phi) is 8.07. The number of nitrogens with two attached hydrogens (primary N) is 1. The molecule has 1 saturated carbocycles. The van der Waals surface area contributed by atoms with Gasteiger partial charge in [-0.2, -0.15) is 0 Å². The Balaban J connectivity index is 1.72. The van der Waals surface area contributed by atoms with Gasteiger partial charge in [-0.25, -0.2) is 4.79 Å². The van der Waals surface area contributed by atoms with E-state index in [0.717, 1.165) is 36.8 Å². The quantitative estimate of drug-likeness (QED) is 0.514. The predicted octanol–water partition coefficient (Wildman–Crippen LogP) is 3.23. The number of benzene rings is 1. The minimum atomic E-state index is -1.04. The lowest BCUT2D eigenvalue weighted by molar-refractivity contribution is -0.137. The Morgan fingerprint density at radius 2 is 1.97 bits per heavy atom. The van der Waals surface area contributed by atoms with E-state index in [2.05, 4.69) is 12.2 Å². The van der Waals surface area contributed by atoms with E-state index in [-0.39, 0.29) is 37.3 Å². The second-order valence-corrected chi connectivity index (χ2v) is 10.9. The fourth-order valence-electron chi connectivity index (χ4n) is 5.16. The van der Waals surface area contributed by atoms with Gasteiger partial charge < -0.3 is 25.8 Å². The molecule has 192 valence electrons. The van der Waals surface area contributed by atoms with Crippen LogP contribution in [0.5, 0.6) is 0 Å². The normalized spacial score (nSPS) is 22.9. The lowest BCUT2D eigenvalue weighted by Gasteiger charge is -2.36. The van der Waals surface area contributed by atoms with E-state index >= 15 is 0 Å². The van der Waals surface area contributed by atoms with Crippen molar-refractivity contribution < 1.29 is 29.0 Å². The highest BCUT2D eigenvalue weighted by Crippen LogP contribution is 2.33. The maximum Gasteiger partial charge on any atom is 0.407 e. The van der Waals surface area contributed by atoms with Gasteiger partial charge in [0.05, 0.1) is 0 Å². The Labute approximate surface area is 206 Å². The van der Waals surface area contributed by atoms with Gasteiger partial charge in [0.15, 0.2) is 0 Å². The first kappa shape index (κ1) is 26.5. The van der Waals surface area contributed by atoms with Crippen LogP contribution < -0.4 is 11.1 Å². The Hall–Kier alpha value is -3.10. The minimum Gasteiger partial charge on any atom is -0.481 e. The fraction of sp³-hybridized carbons (Fsp3) is 0.615. The van der Waals surface area contributed by atoms with Crippen LogP contribution in [0.3, 0.4) is 0 Å². The molecule has 1 aliphatic carbocycles. The van der Waals surface area contributed by atoms with Crippen molar-refractivity contribution in [1.29, 1.82) is 0 Å². The van der Waals surface area contributed by atoms with E-state index < -0.39 is 29.6 Å². The van der Waals surface area contributed by atoms with Crippen LogP contribution in [-0.2, 0) is 27.3 Å². The van der Waals surface area contributed by atoms with Gasteiger partial charge in [-0.15, -0.1) is 0 Å². The van der Waals surface area contributed by atoms with E-state index in [9.17, 15) is 19.2 Å². The number of primary amides is 1. The van der Waals surface area contributed by atoms with Gasteiger partial charge in [-0.1, -0.05) is 19.1 Å². The van der Waals surface area contributed by atoms with Crippen LogP contribution in [0.2, 0.25) is 0 Å². The Morgan fingerprint density at radius 1 is 1.26 bits per heavy atom. The van der Waals surface area contributed by atoms with Crippen molar-refractivity contribution in [1.82, 2.24) is 10.2 Å². The molecule has 0 aromatic heterocycles. The van der Waals surface area contributed by atoms with E-state index in [1.807, 2.05) is 32.9 Å². The highest BCUT2D eigenvalue weighted by molar-refractivity contribution is 6.01. The third-order valence-electron chi connectivity index (χ3n) is 6.78. The maximum atomic E-state index is 12.9. The number of carbonyl (C=O) groups excluding carboxylic acids is 3. The molecule has 1 aliphatic heterocycles. The van der Waals surface area contributed by atoms with Gasteiger partial charge in [-0.3, -0.25) is 14.4 Å². The number of amides is 3. The molecule has 2 aliphatic rings. The van der Waals surface area contributed by atoms with Crippen molar-refractivity contribution in [2.45, 2.75) is 90.4 Å². The smallest absolute Gasteiger partial charge is 0.407 e. The molecule has 0 saturated heterocycles. The van der Waals surface area contributed by atoms with Gasteiger partial charge in [-0.05, 0) is 81.9 Å². The van der Waals surface area contributed by atoms with Crippen LogP contribution in [0.25, 0.3) is 0 Å². The van der Waals surface area contributed by atoms with Crippen molar-refractivity contribution in [3.8, 4) is 0 Å². The van der Waals surface area contributed by atoms with E-state index in [1.165, 1.54) is 4.90 Å². The lowest BCUT2D eigenvalue weighted by Crippen LogP contribution is -2.46. The number of fused-ring (bicyclic) bond motifs is 1. The maximum absolute atomic E-state index is 12.9. The van der Waals surface area contributed by atoms with Crippen LogP contribution in [0.1, 0.15) is 81.3 Å². The summed E-state index contributed by atoms with van der Waals surface area (Å²) in [6.45, 7) is 7.96. The summed E-state index contributed by atoms with van der Waals surface area (Å²) < 4.78 is 5.46. The molecule has 35 heavy (non-hydrogen) atoms. The molecule has 1 unspecified atom stereocenters. The summed E-state index contributed by atoms with van der Waals surface area (Å²) in [6.07, 6.45) is 2.96. The van der Waals surface area contributed by atoms with Crippen molar-refractivity contribution in [2.24, 2.45) is 17.6 Å². The Morgan fingerprint density at radius 3 is 2.60 bits per heavy atom. The first-order chi connectivity index (χ1) is 16.3. The molecular formula is C26H37N3O6. The van der Waals surface area contributed by atoms with Crippen molar-refractivity contribution in [3.05, 3.63) is 34.9 Å². The van der Waals surface area contributed by atoms with E-state index in [0.29, 0.717) is 11.5 Å². The summed E-state index contributed by atoms with van der Waals surface area (Å²) in [5.74, 6) is -1.28. The first-order valence-electron chi connectivity index (χ1n) is 12.3. The van der Waals surface area contributed by atoms with Gasteiger partial charge in [0.2, 0.25) is 5.91 Å².